The number of aromatic nitrogens is 2. The summed E-state index contributed by atoms with van der Waals surface area (Å²) in [6.07, 6.45) is 0. The van der Waals surface area contributed by atoms with E-state index in [-0.39, 0.29) is 11.9 Å². The average molecular weight is 347 g/mol. The second kappa shape index (κ2) is 6.37. The Morgan fingerprint density at radius 2 is 2.12 bits per heavy atom. The molecule has 0 aliphatic carbocycles. The molecule has 3 heterocycles. The lowest BCUT2D eigenvalue weighted by Gasteiger charge is -2.32. The zero-order valence-electron chi connectivity index (χ0n) is 14.0. The molecule has 2 amide bonds. The van der Waals surface area contributed by atoms with Crippen molar-refractivity contribution >= 4 is 28.2 Å². The molecule has 0 fully saturated rings. The minimum atomic E-state index is -0.537. The Morgan fingerprint density at radius 1 is 1.38 bits per heavy atom. The van der Waals surface area contributed by atoms with Crippen LogP contribution in [0.1, 0.15) is 34.5 Å². The number of nitrogens with one attached hydrogen (secondary N) is 1. The van der Waals surface area contributed by atoms with Crippen LogP contribution in [0.25, 0.3) is 0 Å². The highest BCUT2D eigenvalue weighted by molar-refractivity contribution is 7.14. The number of nitrogens with zero attached hydrogens (tertiary/aromatic N) is 3. The van der Waals surface area contributed by atoms with Crippen LogP contribution in [0.15, 0.2) is 11.4 Å². The number of thiophene rings is 1. The van der Waals surface area contributed by atoms with Crippen molar-refractivity contribution in [2.45, 2.75) is 39.9 Å². The SMILES string of the molecule is Cc1nc2n(c1C)CCN([C@@H](C)C(=O)Nc1sccc1C(N)=O)C2. The molecule has 1 aliphatic heterocycles. The lowest BCUT2D eigenvalue weighted by Crippen LogP contribution is -2.46. The van der Waals surface area contributed by atoms with Crippen LogP contribution in [-0.2, 0) is 17.9 Å². The van der Waals surface area contributed by atoms with Gasteiger partial charge >= 0.3 is 0 Å². The van der Waals surface area contributed by atoms with Gasteiger partial charge in [-0.3, -0.25) is 14.5 Å². The van der Waals surface area contributed by atoms with E-state index in [0.29, 0.717) is 17.1 Å². The van der Waals surface area contributed by atoms with Crippen LogP contribution in [0.2, 0.25) is 0 Å². The van der Waals surface area contributed by atoms with E-state index in [1.165, 1.54) is 17.0 Å². The summed E-state index contributed by atoms with van der Waals surface area (Å²) in [6, 6.07) is 1.30. The number of amides is 2. The molecule has 2 aromatic rings. The van der Waals surface area contributed by atoms with Gasteiger partial charge in [0.25, 0.3) is 5.91 Å². The summed E-state index contributed by atoms with van der Waals surface area (Å²) in [4.78, 5) is 30.6. The van der Waals surface area contributed by atoms with E-state index in [0.717, 1.165) is 24.6 Å². The highest BCUT2D eigenvalue weighted by Crippen LogP contribution is 2.24. The third-order valence-electron chi connectivity index (χ3n) is 4.59. The summed E-state index contributed by atoms with van der Waals surface area (Å²) in [5.41, 5.74) is 7.89. The van der Waals surface area contributed by atoms with Gasteiger partial charge in [0.1, 0.15) is 10.8 Å². The van der Waals surface area contributed by atoms with Crippen molar-refractivity contribution < 1.29 is 9.59 Å². The zero-order chi connectivity index (χ0) is 17.4. The molecule has 0 bridgehead atoms. The summed E-state index contributed by atoms with van der Waals surface area (Å²) in [7, 11) is 0. The number of primary amides is 1. The second-order valence-corrected chi connectivity index (χ2v) is 6.93. The van der Waals surface area contributed by atoms with Crippen molar-refractivity contribution in [2.75, 3.05) is 11.9 Å². The summed E-state index contributed by atoms with van der Waals surface area (Å²) in [5.74, 6) is 0.309. The smallest absolute Gasteiger partial charge is 0.251 e. The number of hydrogen-bond donors (Lipinski definition) is 2. The Labute approximate surface area is 144 Å². The molecule has 0 saturated heterocycles. The van der Waals surface area contributed by atoms with Gasteiger partial charge in [-0.15, -0.1) is 11.3 Å². The normalized spacial score (nSPS) is 15.8. The van der Waals surface area contributed by atoms with Gasteiger partial charge in [-0.05, 0) is 32.2 Å². The maximum atomic E-state index is 12.5. The van der Waals surface area contributed by atoms with Crippen molar-refractivity contribution in [1.29, 1.82) is 0 Å². The Kier molecular flexibility index (Phi) is 4.42. The lowest BCUT2D eigenvalue weighted by molar-refractivity contribution is -0.121. The molecule has 2 aromatic heterocycles. The number of nitrogens with two attached hydrogens (primary N) is 1. The van der Waals surface area contributed by atoms with E-state index in [4.69, 9.17) is 5.73 Å². The van der Waals surface area contributed by atoms with Gasteiger partial charge in [0, 0.05) is 18.8 Å². The number of aryl methyl sites for hydroxylation is 1. The third kappa shape index (κ3) is 2.94. The number of rotatable bonds is 4. The maximum absolute atomic E-state index is 12.5. The standard InChI is InChI=1S/C16H21N5O2S/c1-9-10(2)21-6-5-20(8-13(21)18-9)11(3)15(23)19-16-12(14(17)22)4-7-24-16/h4,7,11H,5-6,8H2,1-3H3,(H2,17,22)(H,19,23)/t11-/m0/s1. The van der Waals surface area contributed by atoms with E-state index in [1.54, 1.807) is 11.4 Å². The summed E-state index contributed by atoms with van der Waals surface area (Å²) >= 11 is 1.30. The molecule has 3 N–H and O–H groups in total. The highest BCUT2D eigenvalue weighted by Gasteiger charge is 2.28. The van der Waals surface area contributed by atoms with Crippen molar-refractivity contribution in [3.63, 3.8) is 0 Å². The van der Waals surface area contributed by atoms with Crippen LogP contribution in [0.4, 0.5) is 5.00 Å². The first-order valence-electron chi connectivity index (χ1n) is 7.83. The Bertz CT molecular complexity index is 794. The fourth-order valence-electron chi connectivity index (χ4n) is 2.94. The molecule has 1 aliphatic rings. The summed E-state index contributed by atoms with van der Waals surface area (Å²) < 4.78 is 2.21. The van der Waals surface area contributed by atoms with Gasteiger partial charge in [-0.2, -0.15) is 0 Å². The summed E-state index contributed by atoms with van der Waals surface area (Å²) in [6.45, 7) is 8.18. The number of imidazole rings is 1. The van der Waals surface area contributed by atoms with E-state index < -0.39 is 5.91 Å². The number of anilines is 1. The first kappa shape index (κ1) is 16.7. The van der Waals surface area contributed by atoms with Crippen molar-refractivity contribution in [3.05, 3.63) is 34.2 Å². The van der Waals surface area contributed by atoms with Gasteiger partial charge in [-0.25, -0.2) is 4.98 Å². The Balaban J connectivity index is 1.70. The van der Waals surface area contributed by atoms with Gasteiger partial charge in [0.05, 0.1) is 23.8 Å². The predicted molar refractivity (Wildman–Crippen MR) is 93.0 cm³/mol. The van der Waals surface area contributed by atoms with Crippen LogP contribution in [-0.4, -0.2) is 38.9 Å². The molecular weight excluding hydrogens is 326 g/mol. The third-order valence-corrected chi connectivity index (χ3v) is 5.42. The molecule has 0 aromatic carbocycles. The molecular formula is C16H21N5O2S. The highest BCUT2D eigenvalue weighted by atomic mass is 32.1. The molecule has 7 nitrogen and oxygen atoms in total. The van der Waals surface area contributed by atoms with Gasteiger partial charge in [0.2, 0.25) is 5.91 Å². The topological polar surface area (TPSA) is 93.2 Å². The van der Waals surface area contributed by atoms with Crippen LogP contribution in [0.5, 0.6) is 0 Å². The minimum absolute atomic E-state index is 0.145. The number of fused-ring (bicyclic) bond motifs is 1. The van der Waals surface area contributed by atoms with E-state index in [2.05, 4.69) is 26.7 Å². The van der Waals surface area contributed by atoms with Crippen LogP contribution >= 0.6 is 11.3 Å². The first-order chi connectivity index (χ1) is 11.4. The average Bonchev–Trinajstić information content (AvgIpc) is 3.11. The number of hydrogen-bond acceptors (Lipinski definition) is 5. The molecule has 0 spiro atoms. The van der Waals surface area contributed by atoms with Crippen LogP contribution in [0, 0.1) is 13.8 Å². The Morgan fingerprint density at radius 3 is 2.83 bits per heavy atom. The van der Waals surface area contributed by atoms with Crippen molar-refractivity contribution in [2.24, 2.45) is 5.73 Å². The zero-order valence-corrected chi connectivity index (χ0v) is 14.8. The van der Waals surface area contributed by atoms with Gasteiger partial charge < -0.3 is 15.6 Å². The van der Waals surface area contributed by atoms with E-state index in [9.17, 15) is 9.59 Å². The Hall–Kier alpha value is -2.19. The summed E-state index contributed by atoms with van der Waals surface area (Å²) in [5, 5.41) is 5.06. The maximum Gasteiger partial charge on any atom is 0.251 e. The van der Waals surface area contributed by atoms with Crippen molar-refractivity contribution in [3.8, 4) is 0 Å². The van der Waals surface area contributed by atoms with E-state index >= 15 is 0 Å². The molecule has 8 heteroatoms. The van der Waals surface area contributed by atoms with Crippen LogP contribution in [0.3, 0.4) is 0 Å². The monoisotopic (exact) mass is 347 g/mol. The fourth-order valence-corrected chi connectivity index (χ4v) is 3.74. The molecule has 0 saturated carbocycles. The van der Waals surface area contributed by atoms with Crippen molar-refractivity contribution in [1.82, 2.24) is 14.5 Å². The number of carbonyl (C=O) groups excluding carboxylic acids is 2. The lowest BCUT2D eigenvalue weighted by atomic mass is 10.2. The predicted octanol–water partition coefficient (Wildman–Crippen LogP) is 1.50. The molecule has 24 heavy (non-hydrogen) atoms. The fraction of sp³-hybridized carbons (Fsp3) is 0.438. The van der Waals surface area contributed by atoms with Crippen LogP contribution < -0.4 is 11.1 Å². The molecule has 0 radical (unpaired) electrons. The molecule has 1 atom stereocenters. The number of carbonyl (C=O) groups is 2. The van der Waals surface area contributed by atoms with E-state index in [1.807, 2.05) is 13.8 Å². The van der Waals surface area contributed by atoms with Gasteiger partial charge in [0.15, 0.2) is 0 Å². The van der Waals surface area contributed by atoms with Gasteiger partial charge in [-0.1, -0.05) is 0 Å². The molecule has 128 valence electrons. The minimum Gasteiger partial charge on any atom is -0.366 e. The second-order valence-electron chi connectivity index (χ2n) is 6.01. The molecule has 0 unspecified atom stereocenters. The first-order valence-corrected chi connectivity index (χ1v) is 8.71. The quantitative estimate of drug-likeness (QED) is 0.876. The largest absolute Gasteiger partial charge is 0.366 e. The molecule has 3 rings (SSSR count).